The smallest absolute Gasteiger partial charge is 0.357 e. The van der Waals surface area contributed by atoms with Crippen LogP contribution in [0.2, 0.25) is 0 Å². The Morgan fingerprint density at radius 3 is 2.00 bits per heavy atom. The minimum absolute atomic E-state index is 0.0304. The predicted octanol–water partition coefficient (Wildman–Crippen LogP) is -2.00. The highest BCUT2D eigenvalue weighted by Gasteiger charge is 2.26. The number of halogens is 1. The van der Waals surface area contributed by atoms with E-state index in [0.717, 1.165) is 6.61 Å². The molecule has 232 valence electrons. The molecule has 2 aromatic carbocycles. The molecule has 0 aromatic heterocycles. The van der Waals surface area contributed by atoms with Crippen LogP contribution in [0.1, 0.15) is 5.56 Å². The standard InChI is InChI=1S/C30H40IO11/c1-21-2-4-22(5-3-21)31-23-6-8-26(9-7-23)41-20-30(34)42-13-25(33)12-35-10-24(32)11-36-14-27(38-18-29-19-40-29)15-37-16-28-17-39-28/h2-9,24-25,27-29,32-33H,10-20H2,1H3/q+1. The Hall–Kier alpha value is -1.88. The Kier molecular flexibility index (Phi) is 14.2. The molecule has 0 spiro atoms. The minimum atomic E-state index is -1.04. The molecule has 2 aromatic rings. The zero-order chi connectivity index (χ0) is 29.6. The summed E-state index contributed by atoms with van der Waals surface area (Å²) in [6, 6.07) is 16.2. The van der Waals surface area contributed by atoms with Gasteiger partial charge in [0.05, 0.1) is 59.5 Å². The van der Waals surface area contributed by atoms with E-state index < -0.39 is 18.2 Å². The lowest BCUT2D eigenvalue weighted by Crippen LogP contribution is -3.61. The van der Waals surface area contributed by atoms with Gasteiger partial charge in [0.25, 0.3) is 0 Å². The van der Waals surface area contributed by atoms with Gasteiger partial charge in [-0.15, -0.1) is 0 Å². The molecule has 0 radical (unpaired) electrons. The van der Waals surface area contributed by atoms with Gasteiger partial charge in [0, 0.05) is 0 Å². The monoisotopic (exact) mass is 703 g/mol. The lowest BCUT2D eigenvalue weighted by atomic mass is 10.2. The van der Waals surface area contributed by atoms with Crippen LogP contribution in [-0.2, 0) is 38.0 Å². The summed E-state index contributed by atoms with van der Waals surface area (Å²) in [6.45, 7) is 4.44. The highest BCUT2D eigenvalue weighted by atomic mass is 127. The van der Waals surface area contributed by atoms with Gasteiger partial charge in [0.15, 0.2) is 13.7 Å². The van der Waals surface area contributed by atoms with Crippen LogP contribution >= 0.6 is 0 Å². The van der Waals surface area contributed by atoms with E-state index in [9.17, 15) is 15.0 Å². The second-order valence-electron chi connectivity index (χ2n) is 10.1. The van der Waals surface area contributed by atoms with Gasteiger partial charge in [-0.3, -0.25) is 0 Å². The Bertz CT molecular complexity index is 1040. The van der Waals surface area contributed by atoms with Crippen LogP contribution in [-0.4, -0.2) is 119 Å². The van der Waals surface area contributed by atoms with Crippen molar-refractivity contribution in [1.82, 2.24) is 0 Å². The summed E-state index contributed by atoms with van der Waals surface area (Å²) >= 11 is -0.280. The molecule has 2 aliphatic rings. The van der Waals surface area contributed by atoms with E-state index in [0.29, 0.717) is 32.2 Å². The van der Waals surface area contributed by atoms with Crippen LogP contribution in [0.25, 0.3) is 0 Å². The van der Waals surface area contributed by atoms with Crippen LogP contribution in [0.5, 0.6) is 5.75 Å². The number of ether oxygens (including phenoxy) is 8. The highest BCUT2D eigenvalue weighted by molar-refractivity contribution is 5.71. The van der Waals surface area contributed by atoms with E-state index >= 15 is 0 Å². The van der Waals surface area contributed by atoms with Crippen molar-refractivity contribution in [2.45, 2.75) is 37.4 Å². The maximum Gasteiger partial charge on any atom is 0.357 e. The lowest BCUT2D eigenvalue weighted by molar-refractivity contribution is -0.597. The number of epoxide rings is 2. The molecule has 42 heavy (non-hydrogen) atoms. The Balaban J connectivity index is 1.01. The van der Waals surface area contributed by atoms with Crippen molar-refractivity contribution in [2.24, 2.45) is 0 Å². The summed E-state index contributed by atoms with van der Waals surface area (Å²) in [5.74, 6) is -0.0313. The topological polar surface area (TPSA) is 138 Å². The second-order valence-corrected chi connectivity index (χ2v) is 13.1. The molecule has 4 rings (SSSR count). The van der Waals surface area contributed by atoms with Crippen molar-refractivity contribution in [3.63, 3.8) is 0 Å². The van der Waals surface area contributed by atoms with E-state index in [-0.39, 0.29) is 79.2 Å². The van der Waals surface area contributed by atoms with Crippen molar-refractivity contribution >= 4 is 5.97 Å². The number of carbonyl (C=O) groups is 1. The molecular weight excluding hydrogens is 663 g/mol. The molecular formula is C30H40IO11+. The molecule has 11 nitrogen and oxygen atoms in total. The first kappa shape index (κ1) is 33.0. The Labute approximate surface area is 256 Å². The van der Waals surface area contributed by atoms with Crippen molar-refractivity contribution in [3.05, 3.63) is 61.2 Å². The lowest BCUT2D eigenvalue weighted by Gasteiger charge is -2.19. The van der Waals surface area contributed by atoms with Crippen molar-refractivity contribution in [3.8, 4) is 5.75 Å². The molecule has 12 heteroatoms. The highest BCUT2D eigenvalue weighted by Crippen LogP contribution is 2.12. The van der Waals surface area contributed by atoms with Crippen LogP contribution in [0.15, 0.2) is 48.5 Å². The summed E-state index contributed by atoms with van der Waals surface area (Å²) < 4.78 is 45.7. The molecule has 0 amide bonds. The molecule has 2 heterocycles. The summed E-state index contributed by atoms with van der Waals surface area (Å²) in [7, 11) is 0. The van der Waals surface area contributed by atoms with Gasteiger partial charge in [0.1, 0.15) is 42.9 Å². The van der Waals surface area contributed by atoms with Gasteiger partial charge in [-0.1, -0.05) is 17.7 Å². The molecule has 2 N–H and O–H groups in total. The van der Waals surface area contributed by atoms with Gasteiger partial charge < -0.3 is 48.1 Å². The van der Waals surface area contributed by atoms with Crippen molar-refractivity contribution in [2.75, 3.05) is 72.7 Å². The van der Waals surface area contributed by atoms with Gasteiger partial charge >= 0.3 is 27.2 Å². The third-order valence-electron chi connectivity index (χ3n) is 6.00. The van der Waals surface area contributed by atoms with Crippen molar-refractivity contribution in [1.29, 1.82) is 0 Å². The van der Waals surface area contributed by atoms with E-state index in [1.807, 2.05) is 24.3 Å². The first-order valence-corrected chi connectivity index (χ1v) is 16.1. The number of esters is 1. The first-order chi connectivity index (χ1) is 20.4. The number of rotatable bonds is 22. The summed E-state index contributed by atoms with van der Waals surface area (Å²) in [5.41, 5.74) is 1.24. The third kappa shape index (κ3) is 14.1. The zero-order valence-corrected chi connectivity index (χ0v) is 25.9. The second kappa shape index (κ2) is 18.0. The number of hydrogen-bond donors (Lipinski definition) is 2. The maximum atomic E-state index is 12.0. The van der Waals surface area contributed by atoms with Crippen LogP contribution in [0, 0.1) is 14.1 Å². The van der Waals surface area contributed by atoms with Gasteiger partial charge in [0.2, 0.25) is 0 Å². The number of hydrogen-bond acceptors (Lipinski definition) is 11. The molecule has 0 aliphatic carbocycles. The fourth-order valence-electron chi connectivity index (χ4n) is 3.51. The molecule has 2 fully saturated rings. The number of aliphatic hydroxyl groups is 2. The molecule has 0 saturated carbocycles. The fourth-order valence-corrected chi connectivity index (χ4v) is 5.67. The SMILES string of the molecule is Cc1ccc([I+]c2ccc(OCC(=O)OCC(O)COCC(O)COCC(COCC3CO3)OCC3CO3)cc2)cc1. The van der Waals surface area contributed by atoms with Gasteiger partial charge in [-0.05, 0) is 43.3 Å². The van der Waals surface area contributed by atoms with E-state index in [4.69, 9.17) is 37.9 Å². The third-order valence-corrected chi connectivity index (χ3v) is 8.68. The average molecular weight is 704 g/mol. The van der Waals surface area contributed by atoms with Crippen LogP contribution < -0.4 is 25.9 Å². The van der Waals surface area contributed by atoms with Crippen molar-refractivity contribution < 1.29 is 74.1 Å². The van der Waals surface area contributed by atoms with E-state index in [1.54, 1.807) is 0 Å². The fraction of sp³-hybridized carbons (Fsp3) is 0.567. The number of aliphatic hydroxyl groups excluding tert-OH is 2. The molecule has 0 bridgehead atoms. The zero-order valence-electron chi connectivity index (χ0n) is 23.7. The summed E-state index contributed by atoms with van der Waals surface area (Å²) in [5, 5.41) is 20.2. The Morgan fingerprint density at radius 2 is 1.36 bits per heavy atom. The number of aryl methyl sites for hydroxylation is 1. The minimum Gasteiger partial charge on any atom is -0.482 e. The number of carbonyl (C=O) groups excluding carboxylic acids is 1. The van der Waals surface area contributed by atoms with Crippen LogP contribution in [0.3, 0.4) is 0 Å². The van der Waals surface area contributed by atoms with Gasteiger partial charge in [-0.25, -0.2) is 4.79 Å². The molecule has 5 atom stereocenters. The predicted molar refractivity (Wildman–Crippen MR) is 145 cm³/mol. The summed E-state index contributed by atoms with van der Waals surface area (Å²) in [4.78, 5) is 12.0. The largest absolute Gasteiger partial charge is 0.482 e. The van der Waals surface area contributed by atoms with Gasteiger partial charge in [-0.2, -0.15) is 0 Å². The summed E-state index contributed by atoms with van der Waals surface area (Å²) in [6.07, 6.45) is -1.92. The molecule has 5 unspecified atom stereocenters. The molecule has 2 aliphatic heterocycles. The quantitative estimate of drug-likeness (QED) is 0.0801. The normalized spacial score (nSPS) is 19.6. The van der Waals surface area contributed by atoms with E-state index in [2.05, 4.69) is 31.2 Å². The Morgan fingerprint density at radius 1 is 0.810 bits per heavy atom. The number of benzene rings is 2. The average Bonchev–Trinajstić information content (AvgIpc) is 3.92. The van der Waals surface area contributed by atoms with E-state index in [1.165, 1.54) is 12.7 Å². The first-order valence-electron chi connectivity index (χ1n) is 14.0. The molecule has 2 saturated heterocycles. The van der Waals surface area contributed by atoms with Crippen LogP contribution in [0.4, 0.5) is 0 Å². The maximum absolute atomic E-state index is 12.0.